The van der Waals surface area contributed by atoms with Gasteiger partial charge in [-0.25, -0.2) is 8.78 Å². The molecule has 0 N–H and O–H groups in total. The molecule has 4 rings (SSSR count). The van der Waals surface area contributed by atoms with E-state index in [1.165, 1.54) is 6.07 Å². The Bertz CT molecular complexity index is 657. The number of carbonyl (C=O) groups excluding carboxylic acids is 1. The fourth-order valence-electron chi connectivity index (χ4n) is 4.65. The van der Waals surface area contributed by atoms with Crippen LogP contribution in [0.15, 0.2) is 18.2 Å². The van der Waals surface area contributed by atoms with Crippen LogP contribution < -0.4 is 0 Å². The number of likely N-dealkylation sites (tertiary alicyclic amines) is 1. The number of rotatable bonds is 2. The Morgan fingerprint density at radius 3 is 2.75 bits per heavy atom. The monoisotopic (exact) mass is 335 g/mol. The third kappa shape index (κ3) is 2.44. The molecular weight excluding hydrogens is 312 g/mol. The number of hydrogen-bond acceptors (Lipinski definition) is 2. The van der Waals surface area contributed by atoms with E-state index in [9.17, 15) is 13.6 Å². The second-order valence-corrected chi connectivity index (χ2v) is 7.52. The van der Waals surface area contributed by atoms with Crippen LogP contribution >= 0.6 is 0 Å². The minimum absolute atomic E-state index is 0.111. The van der Waals surface area contributed by atoms with Crippen molar-refractivity contribution in [3.05, 3.63) is 35.4 Å². The summed E-state index contributed by atoms with van der Waals surface area (Å²) in [5.41, 5.74) is 0.531. The van der Waals surface area contributed by atoms with Crippen molar-refractivity contribution in [3.8, 4) is 0 Å². The number of halogens is 2. The van der Waals surface area contributed by atoms with Gasteiger partial charge in [0.1, 0.15) is 0 Å². The third-order valence-electron chi connectivity index (χ3n) is 6.46. The van der Waals surface area contributed by atoms with E-state index in [1.807, 2.05) is 4.90 Å². The highest BCUT2D eigenvalue weighted by molar-refractivity contribution is 5.83. The lowest BCUT2D eigenvalue weighted by molar-refractivity contribution is -0.134. The Morgan fingerprint density at radius 2 is 2.00 bits per heavy atom. The molecule has 3 fully saturated rings. The van der Waals surface area contributed by atoms with Crippen LogP contribution in [0.4, 0.5) is 8.78 Å². The van der Waals surface area contributed by atoms with Gasteiger partial charge in [0.2, 0.25) is 5.91 Å². The molecule has 3 aliphatic rings. The van der Waals surface area contributed by atoms with E-state index >= 15 is 0 Å². The first-order valence-electron chi connectivity index (χ1n) is 8.86. The molecule has 1 aromatic carbocycles. The molecule has 0 bridgehead atoms. The molecule has 0 aromatic heterocycles. The summed E-state index contributed by atoms with van der Waals surface area (Å²) in [4.78, 5) is 14.9. The van der Waals surface area contributed by atoms with Gasteiger partial charge < -0.3 is 9.64 Å². The maximum absolute atomic E-state index is 14.0. The van der Waals surface area contributed by atoms with Crippen LogP contribution in [-0.2, 0) is 9.53 Å². The number of hydrogen-bond donors (Lipinski definition) is 0. The van der Waals surface area contributed by atoms with E-state index in [4.69, 9.17) is 4.74 Å². The van der Waals surface area contributed by atoms with Crippen molar-refractivity contribution < 1.29 is 18.3 Å². The van der Waals surface area contributed by atoms with Crippen molar-refractivity contribution in [3.63, 3.8) is 0 Å². The number of nitrogens with zero attached hydrogens (tertiary/aromatic N) is 1. The van der Waals surface area contributed by atoms with Crippen LogP contribution in [0, 0.1) is 23.0 Å². The van der Waals surface area contributed by atoms with Gasteiger partial charge in [0, 0.05) is 31.7 Å². The number of amides is 1. The molecule has 2 aliphatic heterocycles. The van der Waals surface area contributed by atoms with Gasteiger partial charge in [0.25, 0.3) is 0 Å². The van der Waals surface area contributed by atoms with Gasteiger partial charge in [-0.15, -0.1) is 0 Å². The predicted octanol–water partition coefficient (Wildman–Crippen LogP) is 3.49. The quantitative estimate of drug-likeness (QED) is 0.828. The molecule has 1 saturated carbocycles. The van der Waals surface area contributed by atoms with Gasteiger partial charge in [0.05, 0.1) is 0 Å². The van der Waals surface area contributed by atoms with E-state index in [2.05, 4.69) is 6.92 Å². The van der Waals surface area contributed by atoms with Gasteiger partial charge >= 0.3 is 0 Å². The van der Waals surface area contributed by atoms with E-state index in [0.29, 0.717) is 12.0 Å². The Hall–Kier alpha value is -1.49. The molecule has 3 nitrogen and oxygen atoms in total. The first kappa shape index (κ1) is 16.0. The van der Waals surface area contributed by atoms with Gasteiger partial charge in [-0.1, -0.05) is 12.1 Å². The molecule has 1 aliphatic carbocycles. The number of carbonyl (C=O) groups is 1. The summed E-state index contributed by atoms with van der Waals surface area (Å²) >= 11 is 0. The highest BCUT2D eigenvalue weighted by Gasteiger charge is 2.53. The highest BCUT2D eigenvalue weighted by atomic mass is 19.2. The lowest BCUT2D eigenvalue weighted by Gasteiger charge is -2.39. The van der Waals surface area contributed by atoms with Crippen LogP contribution in [0.25, 0.3) is 0 Å². The van der Waals surface area contributed by atoms with Crippen molar-refractivity contribution in [1.82, 2.24) is 4.90 Å². The van der Waals surface area contributed by atoms with Gasteiger partial charge in [-0.3, -0.25) is 4.79 Å². The summed E-state index contributed by atoms with van der Waals surface area (Å²) in [7, 11) is 0. The summed E-state index contributed by atoms with van der Waals surface area (Å²) in [6.45, 7) is 4.45. The zero-order valence-corrected chi connectivity index (χ0v) is 13.9. The Morgan fingerprint density at radius 1 is 1.25 bits per heavy atom. The maximum atomic E-state index is 14.0. The van der Waals surface area contributed by atoms with Crippen molar-refractivity contribution in [2.75, 3.05) is 19.8 Å². The van der Waals surface area contributed by atoms with Crippen molar-refractivity contribution in [2.24, 2.45) is 11.3 Å². The van der Waals surface area contributed by atoms with Crippen LogP contribution in [0.2, 0.25) is 0 Å². The number of benzene rings is 1. The molecule has 2 saturated heterocycles. The number of ether oxygens (including phenoxy) is 1. The van der Waals surface area contributed by atoms with Crippen molar-refractivity contribution >= 4 is 5.91 Å². The largest absolute Gasteiger partial charge is 0.381 e. The lowest BCUT2D eigenvalue weighted by atomic mass is 9.74. The van der Waals surface area contributed by atoms with E-state index in [1.54, 1.807) is 6.07 Å². The molecule has 1 spiro atoms. The molecule has 0 unspecified atom stereocenters. The lowest BCUT2D eigenvalue weighted by Crippen LogP contribution is -2.44. The summed E-state index contributed by atoms with van der Waals surface area (Å²) in [5, 5.41) is 0. The molecule has 5 heteroatoms. The van der Waals surface area contributed by atoms with E-state index < -0.39 is 11.6 Å². The second kappa shape index (κ2) is 5.80. The Kier molecular flexibility index (Phi) is 3.87. The summed E-state index contributed by atoms with van der Waals surface area (Å²) in [6.07, 6.45) is 3.66. The average molecular weight is 335 g/mol. The minimum atomic E-state index is -0.832. The summed E-state index contributed by atoms with van der Waals surface area (Å²) in [6, 6.07) is 4.44. The molecule has 2 heterocycles. The van der Waals surface area contributed by atoms with Crippen LogP contribution in [0.3, 0.4) is 0 Å². The third-order valence-corrected chi connectivity index (χ3v) is 6.46. The summed E-state index contributed by atoms with van der Waals surface area (Å²) in [5.74, 6) is -1.89. The molecule has 24 heavy (non-hydrogen) atoms. The molecule has 130 valence electrons. The maximum Gasteiger partial charge on any atom is 0.226 e. The normalized spacial score (nSPS) is 31.5. The second-order valence-electron chi connectivity index (χ2n) is 7.52. The van der Waals surface area contributed by atoms with Gasteiger partial charge in [-0.2, -0.15) is 0 Å². The van der Waals surface area contributed by atoms with E-state index in [-0.39, 0.29) is 29.2 Å². The predicted molar refractivity (Wildman–Crippen MR) is 85.5 cm³/mol. The van der Waals surface area contributed by atoms with Crippen molar-refractivity contribution in [1.29, 1.82) is 0 Å². The molecular formula is C19H23F2NO2. The van der Waals surface area contributed by atoms with Crippen LogP contribution in [0.1, 0.15) is 44.1 Å². The first-order valence-corrected chi connectivity index (χ1v) is 8.86. The Balaban J connectivity index is 1.47. The SMILES string of the molecule is C[C@@H]1N(C(=O)[C@H]2C[C@H]2c2cccc(F)c2F)CCC12CCOCC2. The van der Waals surface area contributed by atoms with Crippen molar-refractivity contribution in [2.45, 2.75) is 44.6 Å². The smallest absolute Gasteiger partial charge is 0.226 e. The van der Waals surface area contributed by atoms with Crippen LogP contribution in [-0.4, -0.2) is 36.6 Å². The Labute approximate surface area is 141 Å². The standard InChI is InChI=1S/C19H23F2NO2/c1-12-19(6-9-24-10-7-19)5-8-22(12)18(23)15-11-14(15)13-3-2-4-16(20)17(13)21/h2-4,12,14-15H,5-11H2,1H3/t12-,14-,15-/m0/s1. The minimum Gasteiger partial charge on any atom is -0.381 e. The zero-order chi connectivity index (χ0) is 16.9. The topological polar surface area (TPSA) is 29.5 Å². The molecule has 1 aromatic rings. The fourth-order valence-corrected chi connectivity index (χ4v) is 4.65. The summed E-state index contributed by atoms with van der Waals surface area (Å²) < 4.78 is 32.8. The van der Waals surface area contributed by atoms with Gasteiger partial charge in [0.15, 0.2) is 11.6 Å². The van der Waals surface area contributed by atoms with E-state index in [0.717, 1.165) is 45.1 Å². The molecule has 0 radical (unpaired) electrons. The zero-order valence-electron chi connectivity index (χ0n) is 13.9. The fraction of sp³-hybridized carbons (Fsp3) is 0.632. The molecule has 3 atom stereocenters. The first-order chi connectivity index (χ1) is 11.5. The van der Waals surface area contributed by atoms with Gasteiger partial charge in [-0.05, 0) is 55.6 Å². The average Bonchev–Trinajstić information content (AvgIpc) is 3.32. The van der Waals surface area contributed by atoms with Crippen LogP contribution in [0.5, 0.6) is 0 Å². The highest BCUT2D eigenvalue weighted by Crippen LogP contribution is 2.52. The molecule has 1 amide bonds.